The van der Waals surface area contributed by atoms with Crippen LogP contribution in [0.4, 0.5) is 13.6 Å². The topological polar surface area (TPSA) is 104 Å². The molecule has 0 radical (unpaired) electrons. The molecule has 0 fully saturated rings. The van der Waals surface area contributed by atoms with Crippen LogP contribution in [0.25, 0.3) is 0 Å². The van der Waals surface area contributed by atoms with Gasteiger partial charge in [0.25, 0.3) is 0 Å². The predicted molar refractivity (Wildman–Crippen MR) is 148 cm³/mol. The number of hydrogen-bond donors (Lipinski definition) is 5. The van der Waals surface area contributed by atoms with E-state index in [1.165, 1.54) is 31.2 Å². The van der Waals surface area contributed by atoms with Crippen LogP contribution in [0.2, 0.25) is 0 Å². The third-order valence-corrected chi connectivity index (χ3v) is 7.21. The molecule has 0 bridgehead atoms. The van der Waals surface area contributed by atoms with E-state index >= 15 is 0 Å². The molecule has 2 aliphatic rings. The van der Waals surface area contributed by atoms with E-state index in [0.717, 1.165) is 47.4 Å². The van der Waals surface area contributed by atoms with Gasteiger partial charge in [-0.2, -0.15) is 0 Å². The zero-order chi connectivity index (χ0) is 27.3. The molecule has 0 amide bonds. The summed E-state index contributed by atoms with van der Waals surface area (Å²) >= 11 is 6.70. The molecule has 0 heterocycles. The maximum Gasteiger partial charge on any atom is 0.508 e. The van der Waals surface area contributed by atoms with E-state index in [4.69, 9.17) is 22.1 Å². The van der Waals surface area contributed by atoms with Crippen LogP contribution in [0, 0.1) is 11.6 Å². The molecule has 208 valence electrons. The standard InChI is InChI=1S/C14H17FN2O3S.C12H17FN2OS/c1-19-14(18)20-8-7-16-13(21)17-12-6-5-9-10(12)3-2-4-11(9)15;13-11-3-1-2-10-9(11)4-5-12(10)14-8-17-15-6-7-16/h2-4,12H,5-8H2,1H3,(H2,16,17,21);1-3,12,14-16H,4-8H2. The molecule has 38 heavy (non-hydrogen) atoms. The SMILES string of the molecule is COC(=O)OCCNC(=S)NC1CCc2c(F)cccc21.OCCNSCNC1CCc2c(F)cccc21. The lowest BCUT2D eigenvalue weighted by Gasteiger charge is -2.17. The zero-order valence-electron chi connectivity index (χ0n) is 21.2. The molecule has 2 aromatic carbocycles. The summed E-state index contributed by atoms with van der Waals surface area (Å²) in [5.74, 6) is 0.501. The Bertz CT molecular complexity index is 1080. The Morgan fingerprint density at radius 3 is 2.32 bits per heavy atom. The summed E-state index contributed by atoms with van der Waals surface area (Å²) in [6, 6.07) is 10.6. The van der Waals surface area contributed by atoms with Gasteiger partial charge in [-0.25, -0.2) is 13.6 Å². The average molecular weight is 569 g/mol. The fourth-order valence-corrected chi connectivity index (χ4v) is 5.33. The quantitative estimate of drug-likeness (QED) is 0.0960. The minimum Gasteiger partial charge on any atom is -0.438 e. The number of rotatable bonds is 10. The summed E-state index contributed by atoms with van der Waals surface area (Å²) in [4.78, 5) is 10.7. The number of fused-ring (bicyclic) bond motifs is 2. The number of hydrogen-bond acceptors (Lipinski definition) is 8. The van der Waals surface area contributed by atoms with E-state index in [1.807, 2.05) is 12.1 Å². The number of nitrogens with one attached hydrogen (secondary N) is 4. The second kappa shape index (κ2) is 15.8. The van der Waals surface area contributed by atoms with Crippen LogP contribution in [0.3, 0.4) is 0 Å². The normalized spacial score (nSPS) is 17.1. The Balaban J connectivity index is 0.000000215. The van der Waals surface area contributed by atoms with E-state index in [-0.39, 0.29) is 36.9 Å². The van der Waals surface area contributed by atoms with Gasteiger partial charge in [0, 0.05) is 12.6 Å². The second-order valence-corrected chi connectivity index (χ2v) is 9.89. The predicted octanol–water partition coefficient (Wildman–Crippen LogP) is 3.65. The Hall–Kier alpha value is -2.51. The van der Waals surface area contributed by atoms with Crippen molar-refractivity contribution in [2.24, 2.45) is 0 Å². The van der Waals surface area contributed by atoms with Gasteiger partial charge >= 0.3 is 6.16 Å². The fraction of sp³-hybridized carbons (Fsp3) is 0.462. The minimum absolute atomic E-state index is 0.0113. The molecular formula is C26H34F2N4O4S2. The maximum absolute atomic E-state index is 13.6. The van der Waals surface area contributed by atoms with Gasteiger partial charge in [0.05, 0.1) is 32.2 Å². The molecule has 2 aromatic rings. The molecule has 2 atom stereocenters. The number of methoxy groups -OCH3 is 1. The largest absolute Gasteiger partial charge is 0.508 e. The van der Waals surface area contributed by atoms with Gasteiger partial charge in [-0.3, -0.25) is 10.0 Å². The lowest BCUT2D eigenvalue weighted by molar-refractivity contribution is 0.0743. The number of halogens is 2. The van der Waals surface area contributed by atoms with Crippen molar-refractivity contribution in [1.82, 2.24) is 20.7 Å². The smallest absolute Gasteiger partial charge is 0.438 e. The second-order valence-electron chi connectivity index (χ2n) is 8.61. The summed E-state index contributed by atoms with van der Waals surface area (Å²) in [6.07, 6.45) is 2.55. The summed E-state index contributed by atoms with van der Waals surface area (Å²) in [7, 11) is 1.25. The van der Waals surface area contributed by atoms with Crippen molar-refractivity contribution in [3.63, 3.8) is 0 Å². The Morgan fingerprint density at radius 1 is 1.05 bits per heavy atom. The number of ether oxygens (including phenoxy) is 2. The molecule has 0 aliphatic heterocycles. The molecule has 0 saturated carbocycles. The summed E-state index contributed by atoms with van der Waals surface area (Å²) < 4.78 is 39.2. The molecule has 0 aromatic heterocycles. The lowest BCUT2D eigenvalue weighted by Crippen LogP contribution is -2.38. The van der Waals surface area contributed by atoms with E-state index < -0.39 is 6.16 Å². The van der Waals surface area contributed by atoms with Crippen molar-refractivity contribution in [1.29, 1.82) is 0 Å². The van der Waals surface area contributed by atoms with Crippen molar-refractivity contribution in [3.8, 4) is 0 Å². The Kier molecular flexibility index (Phi) is 12.5. The third kappa shape index (κ3) is 8.77. The van der Waals surface area contributed by atoms with E-state index in [9.17, 15) is 13.6 Å². The number of aliphatic hydroxyl groups is 1. The first-order valence-electron chi connectivity index (χ1n) is 12.4. The maximum atomic E-state index is 13.6. The highest BCUT2D eigenvalue weighted by Crippen LogP contribution is 2.33. The first kappa shape index (κ1) is 30.0. The first-order chi connectivity index (χ1) is 18.4. The van der Waals surface area contributed by atoms with Crippen molar-refractivity contribution >= 4 is 35.4 Å². The molecule has 2 unspecified atom stereocenters. The van der Waals surface area contributed by atoms with Gasteiger partial charge in [0.1, 0.15) is 18.2 Å². The zero-order valence-corrected chi connectivity index (χ0v) is 22.9. The van der Waals surface area contributed by atoms with Crippen LogP contribution in [-0.4, -0.2) is 55.7 Å². The van der Waals surface area contributed by atoms with E-state index in [1.54, 1.807) is 12.1 Å². The van der Waals surface area contributed by atoms with Crippen molar-refractivity contribution < 1.29 is 28.2 Å². The van der Waals surface area contributed by atoms with Crippen molar-refractivity contribution in [2.45, 2.75) is 37.8 Å². The van der Waals surface area contributed by atoms with E-state index in [2.05, 4.69) is 25.4 Å². The summed E-state index contributed by atoms with van der Waals surface area (Å²) in [6.45, 7) is 1.26. The van der Waals surface area contributed by atoms with Crippen molar-refractivity contribution in [2.75, 3.05) is 39.3 Å². The number of carbonyl (C=O) groups excluding carboxylic acids is 1. The molecular weight excluding hydrogens is 534 g/mol. The van der Waals surface area contributed by atoms with Crippen LogP contribution in [0.5, 0.6) is 0 Å². The highest BCUT2D eigenvalue weighted by Gasteiger charge is 2.25. The van der Waals surface area contributed by atoms with Gasteiger partial charge < -0.3 is 25.2 Å². The van der Waals surface area contributed by atoms with Gasteiger partial charge in [0.15, 0.2) is 5.11 Å². The van der Waals surface area contributed by atoms with Crippen LogP contribution in [0.15, 0.2) is 36.4 Å². The molecule has 4 rings (SSSR count). The first-order valence-corrected chi connectivity index (χ1v) is 13.8. The highest BCUT2D eigenvalue weighted by molar-refractivity contribution is 7.97. The number of thiocarbonyl (C=S) groups is 1. The van der Waals surface area contributed by atoms with Gasteiger partial charge in [-0.05, 0) is 72.3 Å². The summed E-state index contributed by atoms with van der Waals surface area (Å²) in [5, 5.41) is 18.5. The minimum atomic E-state index is -0.726. The summed E-state index contributed by atoms with van der Waals surface area (Å²) in [5.41, 5.74) is 3.66. The van der Waals surface area contributed by atoms with Crippen LogP contribution >= 0.6 is 24.2 Å². The van der Waals surface area contributed by atoms with Gasteiger partial charge in [-0.15, -0.1) is 0 Å². The van der Waals surface area contributed by atoms with Crippen molar-refractivity contribution in [3.05, 3.63) is 70.3 Å². The Morgan fingerprint density at radius 2 is 1.68 bits per heavy atom. The average Bonchev–Trinajstić information content (AvgIpc) is 3.52. The molecule has 8 nitrogen and oxygen atoms in total. The highest BCUT2D eigenvalue weighted by atomic mass is 32.2. The molecule has 0 spiro atoms. The van der Waals surface area contributed by atoms with E-state index in [0.29, 0.717) is 24.6 Å². The Labute approximate surface area is 231 Å². The molecule has 2 aliphatic carbocycles. The lowest BCUT2D eigenvalue weighted by atomic mass is 10.1. The van der Waals surface area contributed by atoms with Crippen LogP contribution in [-0.2, 0) is 22.3 Å². The third-order valence-electron chi connectivity index (χ3n) is 6.22. The monoisotopic (exact) mass is 568 g/mol. The fourth-order valence-electron chi connectivity index (χ4n) is 4.46. The number of benzene rings is 2. The number of carbonyl (C=O) groups is 1. The van der Waals surface area contributed by atoms with Crippen LogP contribution in [0.1, 0.15) is 47.2 Å². The molecule has 0 saturated heterocycles. The van der Waals surface area contributed by atoms with Crippen LogP contribution < -0.4 is 20.7 Å². The van der Waals surface area contributed by atoms with Gasteiger partial charge in [0.2, 0.25) is 0 Å². The number of aliphatic hydroxyl groups excluding tert-OH is 1. The molecule has 5 N–H and O–H groups in total. The molecule has 12 heteroatoms. The van der Waals surface area contributed by atoms with Gasteiger partial charge in [-0.1, -0.05) is 36.2 Å².